The minimum atomic E-state index is -4.84. The van der Waals surface area contributed by atoms with Gasteiger partial charge in [0.05, 0.1) is 0 Å². The van der Waals surface area contributed by atoms with Crippen molar-refractivity contribution in [2.75, 3.05) is 23.4 Å². The second kappa shape index (κ2) is 8.92. The van der Waals surface area contributed by atoms with Gasteiger partial charge in [-0.3, -0.25) is 13.9 Å². The van der Waals surface area contributed by atoms with Crippen molar-refractivity contribution in [1.82, 2.24) is 9.13 Å². The van der Waals surface area contributed by atoms with Crippen molar-refractivity contribution in [2.45, 2.75) is 46.1 Å². The Morgan fingerprint density at radius 2 is 1.84 bits per heavy atom. The van der Waals surface area contributed by atoms with Crippen LogP contribution in [0.1, 0.15) is 20.3 Å². The second-order valence-corrected chi connectivity index (χ2v) is 6.68. The smallest absolute Gasteiger partial charge is 0.452 e. The summed E-state index contributed by atoms with van der Waals surface area (Å²) in [6, 6.07) is 5.02. The molecule has 0 saturated heterocycles. The number of rotatable bonds is 8. The van der Waals surface area contributed by atoms with Crippen LogP contribution in [0.4, 0.5) is 24.7 Å². The van der Waals surface area contributed by atoms with Crippen LogP contribution in [0.5, 0.6) is 11.5 Å². The molecule has 0 radical (unpaired) electrons. The fourth-order valence-corrected chi connectivity index (χ4v) is 3.41. The Kier molecular flexibility index (Phi) is 6.48. The van der Waals surface area contributed by atoms with Crippen molar-refractivity contribution in [2.24, 2.45) is 0 Å². The summed E-state index contributed by atoms with van der Waals surface area (Å²) in [4.78, 5) is 27.3. The lowest BCUT2D eigenvalue weighted by atomic mass is 10.3. The molecule has 1 aliphatic heterocycles. The number of nitrogens with zero attached hydrogens (tertiary/aromatic N) is 3. The van der Waals surface area contributed by atoms with Gasteiger partial charge in [-0.1, -0.05) is 6.07 Å². The molecule has 170 valence electrons. The molecule has 9 nitrogen and oxygen atoms in total. The third kappa shape index (κ3) is 4.63. The van der Waals surface area contributed by atoms with E-state index in [1.165, 1.54) is 16.7 Å². The van der Waals surface area contributed by atoms with Gasteiger partial charge in [-0.25, -0.2) is 4.79 Å². The predicted molar refractivity (Wildman–Crippen MR) is 107 cm³/mol. The zero-order valence-electron chi connectivity index (χ0n) is 17.0. The SMILES string of the molecule is CCN1c2c(n(CC)c(=O)n(CCCO)c2=O)NC1Oc1cccc(OC(F)(F)F)c1. The van der Waals surface area contributed by atoms with Crippen LogP contribution in [0.2, 0.25) is 0 Å². The molecule has 0 saturated carbocycles. The molecule has 1 atom stereocenters. The molecule has 2 heterocycles. The third-order valence-electron chi connectivity index (χ3n) is 4.72. The maximum absolute atomic E-state index is 13.0. The molecule has 2 N–H and O–H groups in total. The van der Waals surface area contributed by atoms with Gasteiger partial charge >= 0.3 is 12.1 Å². The predicted octanol–water partition coefficient (Wildman–Crippen LogP) is 1.93. The van der Waals surface area contributed by atoms with Crippen LogP contribution in [0.25, 0.3) is 0 Å². The number of alkyl halides is 3. The van der Waals surface area contributed by atoms with E-state index in [1.807, 2.05) is 0 Å². The molecule has 1 unspecified atom stereocenters. The highest BCUT2D eigenvalue weighted by Crippen LogP contribution is 2.33. The lowest BCUT2D eigenvalue weighted by Gasteiger charge is -2.25. The Morgan fingerprint density at radius 1 is 1.13 bits per heavy atom. The van der Waals surface area contributed by atoms with Crippen LogP contribution in [0, 0.1) is 0 Å². The summed E-state index contributed by atoms with van der Waals surface area (Å²) in [5.74, 6) is -0.0933. The van der Waals surface area contributed by atoms with Gasteiger partial charge in [0.1, 0.15) is 23.0 Å². The Hall–Kier alpha value is -3.15. The fourth-order valence-electron chi connectivity index (χ4n) is 3.41. The molecule has 0 fully saturated rings. The van der Waals surface area contributed by atoms with E-state index in [4.69, 9.17) is 9.84 Å². The average molecular weight is 444 g/mol. The van der Waals surface area contributed by atoms with E-state index in [-0.39, 0.29) is 43.4 Å². The molecule has 1 aromatic heterocycles. The van der Waals surface area contributed by atoms with Gasteiger partial charge in [0.25, 0.3) is 11.9 Å². The van der Waals surface area contributed by atoms with Gasteiger partial charge in [-0.05, 0) is 32.4 Å². The first-order chi connectivity index (χ1) is 14.7. The number of hydrogen-bond acceptors (Lipinski definition) is 7. The Bertz CT molecular complexity index is 1050. The summed E-state index contributed by atoms with van der Waals surface area (Å²) in [6.45, 7) is 3.99. The number of ether oxygens (including phenoxy) is 2. The van der Waals surface area contributed by atoms with E-state index in [0.29, 0.717) is 6.54 Å². The minimum Gasteiger partial charge on any atom is -0.452 e. The molecule has 3 rings (SSSR count). The molecular weight excluding hydrogens is 421 g/mol. The van der Waals surface area contributed by atoms with Crippen molar-refractivity contribution in [3.8, 4) is 11.5 Å². The molecule has 0 bridgehead atoms. The number of aromatic nitrogens is 2. The summed E-state index contributed by atoms with van der Waals surface area (Å²) in [7, 11) is 0. The largest absolute Gasteiger partial charge is 0.573 e. The minimum absolute atomic E-state index is 0.0569. The normalized spacial score (nSPS) is 15.5. The average Bonchev–Trinajstić information content (AvgIpc) is 3.05. The fraction of sp³-hybridized carbons (Fsp3) is 0.474. The summed E-state index contributed by atoms with van der Waals surface area (Å²) in [6.07, 6.45) is -5.53. The summed E-state index contributed by atoms with van der Waals surface area (Å²) in [5, 5.41) is 12.1. The van der Waals surface area contributed by atoms with Crippen LogP contribution < -0.4 is 30.9 Å². The Labute approximate surface area is 175 Å². The maximum atomic E-state index is 13.0. The monoisotopic (exact) mass is 444 g/mol. The number of halogens is 3. The second-order valence-electron chi connectivity index (χ2n) is 6.68. The molecule has 0 aliphatic carbocycles. The van der Waals surface area contributed by atoms with Crippen LogP contribution in [-0.4, -0.2) is 40.1 Å². The number of hydrogen-bond donors (Lipinski definition) is 2. The lowest BCUT2D eigenvalue weighted by Crippen LogP contribution is -2.44. The van der Waals surface area contributed by atoms with Crippen LogP contribution in [-0.2, 0) is 13.1 Å². The van der Waals surface area contributed by atoms with E-state index < -0.39 is 29.7 Å². The van der Waals surface area contributed by atoms with Gasteiger partial charge in [0.2, 0.25) is 0 Å². The van der Waals surface area contributed by atoms with Crippen LogP contribution in [0.15, 0.2) is 33.9 Å². The highest BCUT2D eigenvalue weighted by Gasteiger charge is 2.36. The van der Waals surface area contributed by atoms with Crippen molar-refractivity contribution in [3.63, 3.8) is 0 Å². The van der Waals surface area contributed by atoms with Crippen molar-refractivity contribution >= 4 is 11.5 Å². The van der Waals surface area contributed by atoms with Crippen molar-refractivity contribution in [1.29, 1.82) is 0 Å². The number of aliphatic hydroxyl groups is 1. The first kappa shape index (κ1) is 22.5. The summed E-state index contributed by atoms with van der Waals surface area (Å²) >= 11 is 0. The van der Waals surface area contributed by atoms with Crippen LogP contribution >= 0.6 is 0 Å². The van der Waals surface area contributed by atoms with Gasteiger partial charge < -0.3 is 24.8 Å². The molecule has 1 aromatic carbocycles. The first-order valence-corrected chi connectivity index (χ1v) is 9.74. The van der Waals surface area contributed by atoms with Gasteiger partial charge in [-0.2, -0.15) is 0 Å². The zero-order valence-corrected chi connectivity index (χ0v) is 17.0. The van der Waals surface area contributed by atoms with Gasteiger partial charge in [0.15, 0.2) is 0 Å². The van der Waals surface area contributed by atoms with Crippen molar-refractivity contribution in [3.05, 3.63) is 45.1 Å². The number of benzene rings is 1. The van der Waals surface area contributed by atoms with E-state index in [0.717, 1.165) is 16.7 Å². The number of nitrogens with one attached hydrogen (secondary N) is 1. The number of anilines is 2. The molecule has 0 spiro atoms. The topological polar surface area (TPSA) is 98.0 Å². The molecule has 12 heteroatoms. The molecule has 0 amide bonds. The van der Waals surface area contributed by atoms with E-state index in [2.05, 4.69) is 10.1 Å². The molecule has 31 heavy (non-hydrogen) atoms. The van der Waals surface area contributed by atoms with Gasteiger partial charge in [0, 0.05) is 32.3 Å². The van der Waals surface area contributed by atoms with Crippen molar-refractivity contribution < 1.29 is 27.8 Å². The summed E-state index contributed by atoms with van der Waals surface area (Å²) < 4.78 is 49.6. The number of fused-ring (bicyclic) bond motifs is 1. The third-order valence-corrected chi connectivity index (χ3v) is 4.72. The van der Waals surface area contributed by atoms with Gasteiger partial charge in [-0.15, -0.1) is 13.2 Å². The molecule has 2 aromatic rings. The van der Waals surface area contributed by atoms with E-state index in [9.17, 15) is 22.8 Å². The van der Waals surface area contributed by atoms with E-state index >= 15 is 0 Å². The quantitative estimate of drug-likeness (QED) is 0.642. The van der Waals surface area contributed by atoms with Crippen LogP contribution in [0.3, 0.4) is 0 Å². The molecule has 1 aliphatic rings. The Balaban J connectivity index is 1.96. The Morgan fingerprint density at radius 3 is 2.45 bits per heavy atom. The standard InChI is InChI=1S/C19H23F3N4O5/c1-3-24-14-15(25(4-2)18(29)26(16(14)28)9-6-10-27)23-17(24)30-12-7-5-8-13(11-12)31-19(20,21)22/h5,7-8,11,17,23,27H,3-4,6,9-10H2,1-2H3. The maximum Gasteiger partial charge on any atom is 0.573 e. The highest BCUT2D eigenvalue weighted by molar-refractivity contribution is 5.71. The molecular formula is C19H23F3N4O5. The number of aliphatic hydroxyl groups excluding tert-OH is 1. The first-order valence-electron chi connectivity index (χ1n) is 9.74. The highest BCUT2D eigenvalue weighted by atomic mass is 19.4. The van der Waals surface area contributed by atoms with E-state index in [1.54, 1.807) is 18.7 Å². The summed E-state index contributed by atoms with van der Waals surface area (Å²) in [5.41, 5.74) is -0.841. The lowest BCUT2D eigenvalue weighted by molar-refractivity contribution is -0.274. The zero-order chi connectivity index (χ0) is 22.8.